The Hall–Kier alpha value is -0.960. The summed E-state index contributed by atoms with van der Waals surface area (Å²) in [4.78, 5) is 0. The molecule has 0 radical (unpaired) electrons. The Morgan fingerprint density at radius 1 is 1.50 bits per heavy atom. The van der Waals surface area contributed by atoms with Crippen molar-refractivity contribution in [3.05, 3.63) is 21.3 Å². The number of nitrogens with zero attached hydrogens (tertiary/aromatic N) is 1. The van der Waals surface area contributed by atoms with Crippen molar-refractivity contribution < 1.29 is 9.47 Å². The van der Waals surface area contributed by atoms with Crippen LogP contribution in [0.3, 0.4) is 0 Å². The van der Waals surface area contributed by atoms with Crippen molar-refractivity contribution >= 4 is 22.6 Å². The van der Waals surface area contributed by atoms with Gasteiger partial charge in [-0.2, -0.15) is 5.26 Å². The lowest BCUT2D eigenvalue weighted by Gasteiger charge is -2.09. The van der Waals surface area contributed by atoms with Gasteiger partial charge in [0.1, 0.15) is 11.8 Å². The first-order chi connectivity index (χ1) is 6.72. The minimum absolute atomic E-state index is 0.510. The zero-order chi connectivity index (χ0) is 10.6. The molecule has 1 aromatic carbocycles. The maximum atomic E-state index is 8.90. The van der Waals surface area contributed by atoms with Crippen LogP contribution in [0.25, 0.3) is 0 Å². The molecular weight excluding hydrogens is 293 g/mol. The molecule has 0 N–H and O–H groups in total. The molecule has 0 aliphatic carbocycles. The van der Waals surface area contributed by atoms with Gasteiger partial charge in [0.2, 0.25) is 0 Å². The fourth-order valence-corrected chi connectivity index (χ4v) is 1.81. The molecule has 0 spiro atoms. The molecule has 0 saturated carbocycles. The maximum absolute atomic E-state index is 8.90. The molecule has 14 heavy (non-hydrogen) atoms. The number of hydrogen-bond acceptors (Lipinski definition) is 3. The van der Waals surface area contributed by atoms with Crippen molar-refractivity contribution in [3.63, 3.8) is 0 Å². The third-order valence-electron chi connectivity index (χ3n) is 1.66. The van der Waals surface area contributed by atoms with Gasteiger partial charge in [0.05, 0.1) is 22.9 Å². The van der Waals surface area contributed by atoms with Crippen LogP contribution in [0.4, 0.5) is 0 Å². The Labute approximate surface area is 96.8 Å². The Bertz CT molecular complexity index is 371. The predicted octanol–water partition coefficient (Wildman–Crippen LogP) is 2.57. The highest BCUT2D eigenvalue weighted by molar-refractivity contribution is 14.1. The van der Waals surface area contributed by atoms with Gasteiger partial charge in [-0.15, -0.1) is 0 Å². The number of halogens is 1. The molecule has 0 heterocycles. The molecule has 0 bridgehead atoms. The lowest BCUT2D eigenvalue weighted by Crippen LogP contribution is -1.98. The van der Waals surface area contributed by atoms with Gasteiger partial charge in [-0.25, -0.2) is 0 Å². The summed E-state index contributed by atoms with van der Waals surface area (Å²) in [6.45, 7) is 2.44. The monoisotopic (exact) mass is 303 g/mol. The van der Waals surface area contributed by atoms with E-state index in [1.807, 2.05) is 13.0 Å². The van der Waals surface area contributed by atoms with E-state index < -0.39 is 0 Å². The average molecular weight is 303 g/mol. The van der Waals surface area contributed by atoms with E-state index in [0.29, 0.717) is 23.7 Å². The number of ether oxygens (including phenoxy) is 2. The first kappa shape index (κ1) is 11.1. The second-order valence-corrected chi connectivity index (χ2v) is 3.69. The topological polar surface area (TPSA) is 42.2 Å². The molecule has 0 atom stereocenters. The van der Waals surface area contributed by atoms with Gasteiger partial charge in [-0.05, 0) is 35.6 Å². The Balaban J connectivity index is 3.22. The van der Waals surface area contributed by atoms with E-state index in [4.69, 9.17) is 14.7 Å². The van der Waals surface area contributed by atoms with Crippen LogP contribution in [0.5, 0.6) is 11.5 Å². The largest absolute Gasteiger partial charge is 0.497 e. The van der Waals surface area contributed by atoms with Crippen LogP contribution in [0, 0.1) is 14.9 Å². The van der Waals surface area contributed by atoms with Gasteiger partial charge in [-0.1, -0.05) is 0 Å². The summed E-state index contributed by atoms with van der Waals surface area (Å²) in [7, 11) is 1.58. The lowest BCUT2D eigenvalue weighted by molar-refractivity contribution is 0.335. The Morgan fingerprint density at radius 2 is 2.21 bits per heavy atom. The maximum Gasteiger partial charge on any atom is 0.150 e. The van der Waals surface area contributed by atoms with E-state index in [1.54, 1.807) is 13.2 Å². The van der Waals surface area contributed by atoms with E-state index in [-0.39, 0.29) is 0 Å². The summed E-state index contributed by atoms with van der Waals surface area (Å²) in [5.74, 6) is 1.31. The van der Waals surface area contributed by atoms with Crippen LogP contribution in [0.2, 0.25) is 0 Å². The number of rotatable bonds is 3. The van der Waals surface area contributed by atoms with Gasteiger partial charge >= 0.3 is 0 Å². The van der Waals surface area contributed by atoms with Crippen molar-refractivity contribution in [3.8, 4) is 17.6 Å². The lowest BCUT2D eigenvalue weighted by atomic mass is 10.2. The molecule has 0 saturated heterocycles. The summed E-state index contributed by atoms with van der Waals surface area (Å²) >= 11 is 2.13. The average Bonchev–Trinajstić information content (AvgIpc) is 2.20. The summed E-state index contributed by atoms with van der Waals surface area (Å²) < 4.78 is 11.3. The van der Waals surface area contributed by atoms with E-state index >= 15 is 0 Å². The number of nitriles is 1. The van der Waals surface area contributed by atoms with Crippen LogP contribution in [0.1, 0.15) is 12.5 Å². The van der Waals surface area contributed by atoms with Crippen LogP contribution >= 0.6 is 22.6 Å². The summed E-state index contributed by atoms with van der Waals surface area (Å²) in [6, 6.07) is 5.60. The number of methoxy groups -OCH3 is 1. The van der Waals surface area contributed by atoms with E-state index in [1.165, 1.54) is 0 Å². The molecule has 0 aliphatic heterocycles. The normalized spacial score (nSPS) is 9.29. The van der Waals surface area contributed by atoms with E-state index in [2.05, 4.69) is 28.7 Å². The smallest absolute Gasteiger partial charge is 0.150 e. The second-order valence-electron chi connectivity index (χ2n) is 2.53. The third-order valence-corrected chi connectivity index (χ3v) is 2.46. The van der Waals surface area contributed by atoms with Crippen molar-refractivity contribution in [1.29, 1.82) is 5.26 Å². The second kappa shape index (κ2) is 5.05. The van der Waals surface area contributed by atoms with Gasteiger partial charge in [0.25, 0.3) is 0 Å². The summed E-state index contributed by atoms with van der Waals surface area (Å²) in [5.41, 5.74) is 0.510. The summed E-state index contributed by atoms with van der Waals surface area (Å²) in [6.07, 6.45) is 0. The molecule has 0 aromatic heterocycles. The van der Waals surface area contributed by atoms with Crippen LogP contribution in [-0.4, -0.2) is 13.7 Å². The molecule has 0 amide bonds. The van der Waals surface area contributed by atoms with Crippen LogP contribution in [-0.2, 0) is 0 Å². The Kier molecular flexibility index (Phi) is 4.01. The molecule has 1 rings (SSSR count). The number of benzene rings is 1. The highest BCUT2D eigenvalue weighted by atomic mass is 127. The molecule has 3 nitrogen and oxygen atoms in total. The van der Waals surface area contributed by atoms with Crippen molar-refractivity contribution in [1.82, 2.24) is 0 Å². The minimum Gasteiger partial charge on any atom is -0.497 e. The molecule has 4 heteroatoms. The fraction of sp³-hybridized carbons (Fsp3) is 0.300. The number of hydrogen-bond donors (Lipinski definition) is 0. The SMILES string of the molecule is CCOc1c(I)cc(OC)cc1C#N. The first-order valence-electron chi connectivity index (χ1n) is 4.13. The van der Waals surface area contributed by atoms with Crippen molar-refractivity contribution in [2.75, 3.05) is 13.7 Å². The first-order valence-corrected chi connectivity index (χ1v) is 5.21. The van der Waals surface area contributed by atoms with E-state index in [9.17, 15) is 0 Å². The van der Waals surface area contributed by atoms with Gasteiger partial charge in [0, 0.05) is 6.07 Å². The molecule has 0 aliphatic rings. The molecule has 74 valence electrons. The molecular formula is C10H10INO2. The van der Waals surface area contributed by atoms with Gasteiger partial charge < -0.3 is 9.47 Å². The van der Waals surface area contributed by atoms with Crippen LogP contribution < -0.4 is 9.47 Å². The van der Waals surface area contributed by atoms with Crippen molar-refractivity contribution in [2.45, 2.75) is 6.92 Å². The fourth-order valence-electron chi connectivity index (χ4n) is 1.06. The zero-order valence-electron chi connectivity index (χ0n) is 8.00. The quantitative estimate of drug-likeness (QED) is 0.806. The van der Waals surface area contributed by atoms with E-state index in [0.717, 1.165) is 3.57 Å². The van der Waals surface area contributed by atoms with Gasteiger partial charge in [-0.3, -0.25) is 0 Å². The molecule has 0 fully saturated rings. The van der Waals surface area contributed by atoms with Crippen molar-refractivity contribution in [2.24, 2.45) is 0 Å². The Morgan fingerprint density at radius 3 is 2.71 bits per heavy atom. The van der Waals surface area contributed by atoms with Gasteiger partial charge in [0.15, 0.2) is 5.75 Å². The predicted molar refractivity (Wildman–Crippen MR) is 61.6 cm³/mol. The van der Waals surface area contributed by atoms with Crippen LogP contribution in [0.15, 0.2) is 12.1 Å². The zero-order valence-corrected chi connectivity index (χ0v) is 10.2. The molecule has 0 unspecified atom stereocenters. The minimum atomic E-state index is 0.510. The highest BCUT2D eigenvalue weighted by Gasteiger charge is 2.10. The third kappa shape index (κ3) is 2.29. The molecule has 1 aromatic rings. The summed E-state index contributed by atoms with van der Waals surface area (Å²) in [5, 5.41) is 8.90. The highest BCUT2D eigenvalue weighted by Crippen LogP contribution is 2.30. The standard InChI is InChI=1S/C10H10INO2/c1-3-14-10-7(6-12)4-8(13-2)5-9(10)11/h4-5H,3H2,1-2H3.